The number of amides is 1. The van der Waals surface area contributed by atoms with Crippen molar-refractivity contribution in [1.29, 1.82) is 0 Å². The fourth-order valence-corrected chi connectivity index (χ4v) is 1.94. The zero-order chi connectivity index (χ0) is 15.4. The molecule has 0 spiro atoms. The second-order valence-electron chi connectivity index (χ2n) is 5.68. The lowest BCUT2D eigenvalue weighted by Gasteiger charge is -2.09. The summed E-state index contributed by atoms with van der Waals surface area (Å²) in [5, 5.41) is 2.84. The predicted octanol–water partition coefficient (Wildman–Crippen LogP) is 2.58. The van der Waals surface area contributed by atoms with Crippen LogP contribution >= 0.6 is 0 Å². The standard InChI is InChI=1S/C15H24N2O3/c1-8(2)7-16-14(18)13-10(5)12(11(6)17-13)15(19)20-9(3)4/h8-9,17H,7H2,1-6H3,(H,16,18). The van der Waals surface area contributed by atoms with Gasteiger partial charge in [-0.05, 0) is 39.2 Å². The van der Waals surface area contributed by atoms with Gasteiger partial charge in [0.05, 0.1) is 11.7 Å². The zero-order valence-electron chi connectivity index (χ0n) is 13.1. The van der Waals surface area contributed by atoms with E-state index in [0.29, 0.717) is 35.0 Å². The lowest BCUT2D eigenvalue weighted by molar-refractivity contribution is 0.0376. The van der Waals surface area contributed by atoms with Gasteiger partial charge in [0.25, 0.3) is 5.91 Å². The van der Waals surface area contributed by atoms with Gasteiger partial charge in [0.15, 0.2) is 0 Å². The molecule has 0 aliphatic rings. The average molecular weight is 280 g/mol. The predicted molar refractivity (Wildman–Crippen MR) is 78.0 cm³/mol. The van der Waals surface area contributed by atoms with Crippen molar-refractivity contribution >= 4 is 11.9 Å². The Labute approximate surface area is 120 Å². The van der Waals surface area contributed by atoms with Crippen LogP contribution in [0.4, 0.5) is 0 Å². The molecular formula is C15H24N2O3. The molecule has 1 aromatic heterocycles. The number of H-pyrrole nitrogens is 1. The number of esters is 1. The lowest BCUT2D eigenvalue weighted by Crippen LogP contribution is -2.28. The van der Waals surface area contributed by atoms with Crippen molar-refractivity contribution in [3.63, 3.8) is 0 Å². The molecular weight excluding hydrogens is 256 g/mol. The minimum absolute atomic E-state index is 0.186. The third-order valence-electron chi connectivity index (χ3n) is 2.88. The van der Waals surface area contributed by atoms with Gasteiger partial charge in [0, 0.05) is 12.2 Å². The van der Waals surface area contributed by atoms with Crippen LogP contribution in [0.1, 0.15) is 59.8 Å². The van der Waals surface area contributed by atoms with E-state index in [1.54, 1.807) is 27.7 Å². The number of rotatable bonds is 5. The molecule has 1 amide bonds. The van der Waals surface area contributed by atoms with Crippen molar-refractivity contribution in [2.24, 2.45) is 5.92 Å². The average Bonchev–Trinajstić information content (AvgIpc) is 2.60. The summed E-state index contributed by atoms with van der Waals surface area (Å²) in [6, 6.07) is 0. The molecule has 20 heavy (non-hydrogen) atoms. The summed E-state index contributed by atoms with van der Waals surface area (Å²) in [6.45, 7) is 11.8. The first-order valence-corrected chi connectivity index (χ1v) is 6.92. The molecule has 0 unspecified atom stereocenters. The van der Waals surface area contributed by atoms with Crippen molar-refractivity contribution in [3.8, 4) is 0 Å². The van der Waals surface area contributed by atoms with E-state index in [4.69, 9.17) is 4.74 Å². The van der Waals surface area contributed by atoms with Gasteiger partial charge in [-0.15, -0.1) is 0 Å². The van der Waals surface area contributed by atoms with Crippen LogP contribution in [0.25, 0.3) is 0 Å². The molecule has 5 nitrogen and oxygen atoms in total. The minimum Gasteiger partial charge on any atom is -0.459 e. The summed E-state index contributed by atoms with van der Waals surface area (Å²) in [4.78, 5) is 27.1. The van der Waals surface area contributed by atoms with E-state index in [-0.39, 0.29) is 12.0 Å². The summed E-state index contributed by atoms with van der Waals surface area (Å²) in [5.41, 5.74) is 2.17. The Kier molecular flexibility index (Phi) is 5.36. The van der Waals surface area contributed by atoms with Crippen molar-refractivity contribution in [3.05, 3.63) is 22.5 Å². The van der Waals surface area contributed by atoms with Gasteiger partial charge in [0.2, 0.25) is 0 Å². The molecule has 0 saturated heterocycles. The molecule has 0 fully saturated rings. The third kappa shape index (κ3) is 3.85. The monoisotopic (exact) mass is 280 g/mol. The number of aryl methyl sites for hydroxylation is 1. The quantitative estimate of drug-likeness (QED) is 0.814. The molecule has 0 atom stereocenters. The Morgan fingerprint density at radius 1 is 1.20 bits per heavy atom. The second kappa shape index (κ2) is 6.59. The number of carbonyl (C=O) groups excluding carboxylic acids is 2. The highest BCUT2D eigenvalue weighted by atomic mass is 16.5. The highest BCUT2D eigenvalue weighted by Crippen LogP contribution is 2.19. The van der Waals surface area contributed by atoms with Crippen LogP contribution in [0.5, 0.6) is 0 Å². The Hall–Kier alpha value is -1.78. The zero-order valence-corrected chi connectivity index (χ0v) is 13.1. The van der Waals surface area contributed by atoms with Crippen LogP contribution in [0.2, 0.25) is 0 Å². The van der Waals surface area contributed by atoms with E-state index in [9.17, 15) is 9.59 Å². The normalized spacial score (nSPS) is 11.0. The Morgan fingerprint density at radius 3 is 2.30 bits per heavy atom. The number of ether oxygens (including phenoxy) is 1. The number of aromatic amines is 1. The van der Waals surface area contributed by atoms with E-state index in [2.05, 4.69) is 10.3 Å². The summed E-state index contributed by atoms with van der Waals surface area (Å²) >= 11 is 0. The molecule has 112 valence electrons. The molecule has 5 heteroatoms. The molecule has 0 saturated carbocycles. The van der Waals surface area contributed by atoms with Crippen molar-refractivity contribution in [1.82, 2.24) is 10.3 Å². The van der Waals surface area contributed by atoms with E-state index in [0.717, 1.165) is 0 Å². The minimum atomic E-state index is -0.394. The van der Waals surface area contributed by atoms with Crippen LogP contribution in [0.3, 0.4) is 0 Å². The summed E-state index contributed by atoms with van der Waals surface area (Å²) < 4.78 is 5.20. The third-order valence-corrected chi connectivity index (χ3v) is 2.88. The number of carbonyl (C=O) groups is 2. The Bertz CT molecular complexity index is 501. The van der Waals surface area contributed by atoms with Crippen LogP contribution in [0.15, 0.2) is 0 Å². The van der Waals surface area contributed by atoms with Crippen LogP contribution in [0, 0.1) is 19.8 Å². The number of hydrogen-bond donors (Lipinski definition) is 2. The Balaban J connectivity index is 2.96. The first-order valence-electron chi connectivity index (χ1n) is 6.92. The van der Waals surface area contributed by atoms with Crippen LogP contribution in [-0.4, -0.2) is 29.5 Å². The smallest absolute Gasteiger partial charge is 0.340 e. The highest BCUT2D eigenvalue weighted by molar-refractivity contribution is 6.00. The fraction of sp³-hybridized carbons (Fsp3) is 0.600. The van der Waals surface area contributed by atoms with Gasteiger partial charge in [0.1, 0.15) is 5.69 Å². The van der Waals surface area contributed by atoms with E-state index in [1.807, 2.05) is 13.8 Å². The molecule has 1 aromatic rings. The maximum atomic E-state index is 12.1. The number of hydrogen-bond acceptors (Lipinski definition) is 3. The van der Waals surface area contributed by atoms with Gasteiger partial charge >= 0.3 is 5.97 Å². The largest absolute Gasteiger partial charge is 0.459 e. The number of nitrogens with one attached hydrogen (secondary N) is 2. The molecule has 0 radical (unpaired) electrons. The van der Waals surface area contributed by atoms with Gasteiger partial charge in [-0.2, -0.15) is 0 Å². The van der Waals surface area contributed by atoms with E-state index >= 15 is 0 Å². The molecule has 0 aromatic carbocycles. The Morgan fingerprint density at radius 2 is 1.80 bits per heavy atom. The summed E-state index contributed by atoms with van der Waals surface area (Å²) in [5.74, 6) is -0.210. The van der Waals surface area contributed by atoms with E-state index < -0.39 is 5.97 Å². The maximum absolute atomic E-state index is 12.1. The fourth-order valence-electron chi connectivity index (χ4n) is 1.94. The maximum Gasteiger partial charge on any atom is 0.340 e. The van der Waals surface area contributed by atoms with Gasteiger partial charge in [-0.1, -0.05) is 13.8 Å². The topological polar surface area (TPSA) is 71.2 Å². The lowest BCUT2D eigenvalue weighted by atomic mass is 10.1. The van der Waals surface area contributed by atoms with E-state index in [1.165, 1.54) is 0 Å². The van der Waals surface area contributed by atoms with Gasteiger partial charge in [-0.25, -0.2) is 4.79 Å². The van der Waals surface area contributed by atoms with Crippen molar-refractivity contribution in [2.75, 3.05) is 6.54 Å². The molecule has 1 heterocycles. The van der Waals surface area contributed by atoms with Crippen molar-refractivity contribution < 1.29 is 14.3 Å². The summed E-state index contributed by atoms with van der Waals surface area (Å²) in [7, 11) is 0. The van der Waals surface area contributed by atoms with Gasteiger partial charge in [-0.3, -0.25) is 4.79 Å². The summed E-state index contributed by atoms with van der Waals surface area (Å²) in [6.07, 6.45) is -0.186. The molecule has 0 bridgehead atoms. The van der Waals surface area contributed by atoms with Crippen LogP contribution in [-0.2, 0) is 4.74 Å². The second-order valence-corrected chi connectivity index (χ2v) is 5.68. The molecule has 0 aliphatic heterocycles. The van der Waals surface area contributed by atoms with Gasteiger partial charge < -0.3 is 15.0 Å². The molecule has 2 N–H and O–H groups in total. The van der Waals surface area contributed by atoms with Crippen molar-refractivity contribution in [2.45, 2.75) is 47.6 Å². The van der Waals surface area contributed by atoms with Crippen LogP contribution < -0.4 is 5.32 Å². The molecule has 0 aliphatic carbocycles. The first kappa shape index (κ1) is 16.3. The highest BCUT2D eigenvalue weighted by Gasteiger charge is 2.23. The number of aromatic nitrogens is 1. The molecule has 1 rings (SSSR count). The first-order chi connectivity index (χ1) is 9.23. The SMILES string of the molecule is Cc1[nH]c(C(=O)NCC(C)C)c(C)c1C(=O)OC(C)C.